The molecule has 4 rings (SSSR count). The van der Waals surface area contributed by atoms with Crippen LogP contribution >= 0.6 is 11.3 Å². The normalized spacial score (nSPS) is 11.1. The molecular weight excluding hydrogens is 370 g/mol. The molecule has 0 atom stereocenters. The Hall–Kier alpha value is -3.06. The van der Waals surface area contributed by atoms with Crippen LogP contribution in [0.15, 0.2) is 42.7 Å². The Kier molecular flexibility index (Phi) is 4.68. The third kappa shape index (κ3) is 3.29. The maximum absolute atomic E-state index is 13.1. The van der Waals surface area contributed by atoms with E-state index in [9.17, 15) is 4.79 Å². The summed E-state index contributed by atoms with van der Waals surface area (Å²) in [5.74, 6) is 0.719. The zero-order valence-corrected chi connectivity index (χ0v) is 17.1. The molecule has 0 bridgehead atoms. The fraction of sp³-hybridized carbons (Fsp3) is 0.238. The number of para-hydroxylation sites is 1. The summed E-state index contributed by atoms with van der Waals surface area (Å²) in [6.45, 7) is 6.30. The number of nitrogens with zero attached hydrogens (tertiary/aromatic N) is 5. The average Bonchev–Trinajstić information content (AvgIpc) is 3.26. The molecule has 142 valence electrons. The van der Waals surface area contributed by atoms with E-state index in [1.165, 1.54) is 11.3 Å². The van der Waals surface area contributed by atoms with Gasteiger partial charge in [0.25, 0.3) is 5.91 Å². The highest BCUT2D eigenvalue weighted by molar-refractivity contribution is 7.20. The number of amides is 1. The molecule has 0 unspecified atom stereocenters. The average molecular weight is 392 g/mol. The molecule has 0 aliphatic heterocycles. The van der Waals surface area contributed by atoms with Crippen molar-refractivity contribution in [3.63, 3.8) is 0 Å². The Morgan fingerprint density at radius 3 is 2.64 bits per heavy atom. The topological polar surface area (TPSA) is 63.9 Å². The second-order valence-corrected chi connectivity index (χ2v) is 7.88. The van der Waals surface area contributed by atoms with Crippen LogP contribution in [0.25, 0.3) is 15.9 Å². The van der Waals surface area contributed by atoms with Gasteiger partial charge in [-0.25, -0.2) is 14.6 Å². The maximum Gasteiger partial charge on any atom is 0.264 e. The van der Waals surface area contributed by atoms with Gasteiger partial charge in [0.1, 0.15) is 10.7 Å². The number of rotatable bonds is 4. The molecule has 0 aliphatic rings. The van der Waals surface area contributed by atoms with Gasteiger partial charge in [0.05, 0.1) is 16.8 Å². The van der Waals surface area contributed by atoms with Crippen LogP contribution in [0.4, 0.5) is 0 Å². The summed E-state index contributed by atoms with van der Waals surface area (Å²) in [6, 6.07) is 9.92. The Labute approximate surface area is 167 Å². The second kappa shape index (κ2) is 7.16. The highest BCUT2D eigenvalue weighted by atomic mass is 32.1. The summed E-state index contributed by atoms with van der Waals surface area (Å²) in [7, 11) is 1.82. The van der Waals surface area contributed by atoms with Gasteiger partial charge >= 0.3 is 0 Å². The Balaban J connectivity index is 1.58. The molecule has 0 fully saturated rings. The van der Waals surface area contributed by atoms with Crippen LogP contribution in [-0.4, -0.2) is 37.6 Å². The SMILES string of the molecule is Cc1nc(C)c2c(C)c(C(=O)N(C)Cc3cnn(-c4ccccc4)c3)sc2n1. The Bertz CT molecular complexity index is 1160. The molecule has 7 heteroatoms. The third-order valence-electron chi connectivity index (χ3n) is 4.70. The van der Waals surface area contributed by atoms with Gasteiger partial charge in [0, 0.05) is 36.4 Å². The van der Waals surface area contributed by atoms with Crippen molar-refractivity contribution in [3.05, 3.63) is 70.2 Å². The van der Waals surface area contributed by atoms with Crippen molar-refractivity contribution in [3.8, 4) is 5.69 Å². The minimum Gasteiger partial charge on any atom is -0.337 e. The maximum atomic E-state index is 13.1. The lowest BCUT2D eigenvalue weighted by molar-refractivity contribution is 0.0789. The number of aryl methyl sites for hydroxylation is 3. The minimum absolute atomic E-state index is 0.00925. The number of benzene rings is 1. The van der Waals surface area contributed by atoms with E-state index in [2.05, 4.69) is 15.1 Å². The summed E-state index contributed by atoms with van der Waals surface area (Å²) in [5.41, 5.74) is 3.84. The molecule has 4 aromatic rings. The summed E-state index contributed by atoms with van der Waals surface area (Å²) in [6.07, 6.45) is 3.75. The van der Waals surface area contributed by atoms with E-state index >= 15 is 0 Å². The minimum atomic E-state index is -0.00925. The number of thiophene rings is 1. The van der Waals surface area contributed by atoms with E-state index in [1.54, 1.807) is 11.1 Å². The van der Waals surface area contributed by atoms with Gasteiger partial charge in [-0.1, -0.05) is 18.2 Å². The standard InChI is InChI=1S/C21H21N5OS/c1-13-18-14(2)23-15(3)24-20(18)28-19(13)21(27)25(4)11-16-10-22-26(12-16)17-8-6-5-7-9-17/h5-10,12H,11H2,1-4H3. The molecule has 0 saturated heterocycles. The summed E-state index contributed by atoms with van der Waals surface area (Å²) in [5, 5.41) is 5.40. The van der Waals surface area contributed by atoms with Gasteiger partial charge in [0.2, 0.25) is 0 Å². The Morgan fingerprint density at radius 2 is 1.89 bits per heavy atom. The zero-order valence-electron chi connectivity index (χ0n) is 16.3. The molecule has 0 spiro atoms. The molecule has 1 amide bonds. The number of carbonyl (C=O) groups is 1. The van der Waals surface area contributed by atoms with Crippen molar-refractivity contribution in [2.45, 2.75) is 27.3 Å². The van der Waals surface area contributed by atoms with E-state index < -0.39 is 0 Å². The van der Waals surface area contributed by atoms with Gasteiger partial charge in [-0.3, -0.25) is 4.79 Å². The van der Waals surface area contributed by atoms with E-state index in [0.29, 0.717) is 6.54 Å². The van der Waals surface area contributed by atoms with E-state index in [-0.39, 0.29) is 5.91 Å². The van der Waals surface area contributed by atoms with E-state index in [4.69, 9.17) is 0 Å². The molecule has 28 heavy (non-hydrogen) atoms. The number of carbonyl (C=O) groups excluding carboxylic acids is 1. The molecule has 1 aromatic carbocycles. The first-order valence-electron chi connectivity index (χ1n) is 9.03. The van der Waals surface area contributed by atoms with Crippen LogP contribution < -0.4 is 0 Å². The zero-order chi connectivity index (χ0) is 19.8. The predicted octanol–water partition coefficient (Wildman–Crippen LogP) is 4.07. The molecular formula is C21H21N5OS. The van der Waals surface area contributed by atoms with Crippen molar-refractivity contribution in [1.82, 2.24) is 24.6 Å². The number of hydrogen-bond donors (Lipinski definition) is 0. The summed E-state index contributed by atoms with van der Waals surface area (Å²) < 4.78 is 1.82. The van der Waals surface area contributed by atoms with Crippen LogP contribution in [-0.2, 0) is 6.54 Å². The van der Waals surface area contributed by atoms with Crippen LogP contribution in [0, 0.1) is 20.8 Å². The third-order valence-corrected chi connectivity index (χ3v) is 5.87. The van der Waals surface area contributed by atoms with Gasteiger partial charge in [-0.15, -0.1) is 11.3 Å². The quantitative estimate of drug-likeness (QED) is 0.526. The van der Waals surface area contributed by atoms with Crippen molar-refractivity contribution in [1.29, 1.82) is 0 Å². The number of fused-ring (bicyclic) bond motifs is 1. The van der Waals surface area contributed by atoms with E-state index in [0.717, 1.165) is 43.4 Å². The van der Waals surface area contributed by atoms with Crippen molar-refractivity contribution in [2.75, 3.05) is 7.05 Å². The molecule has 3 aromatic heterocycles. The van der Waals surface area contributed by atoms with Crippen LogP contribution in [0.1, 0.15) is 32.3 Å². The number of hydrogen-bond acceptors (Lipinski definition) is 5. The van der Waals surface area contributed by atoms with Crippen molar-refractivity contribution in [2.24, 2.45) is 0 Å². The molecule has 0 radical (unpaired) electrons. The second-order valence-electron chi connectivity index (χ2n) is 6.88. The van der Waals surface area contributed by atoms with Crippen LogP contribution in [0.3, 0.4) is 0 Å². The monoisotopic (exact) mass is 391 g/mol. The highest BCUT2D eigenvalue weighted by Crippen LogP contribution is 2.32. The Morgan fingerprint density at radius 1 is 1.14 bits per heavy atom. The van der Waals surface area contributed by atoms with Crippen molar-refractivity contribution >= 4 is 27.5 Å². The molecule has 3 heterocycles. The molecule has 6 nitrogen and oxygen atoms in total. The van der Waals surface area contributed by atoms with Gasteiger partial charge < -0.3 is 4.90 Å². The first-order chi connectivity index (χ1) is 13.4. The largest absolute Gasteiger partial charge is 0.337 e. The first-order valence-corrected chi connectivity index (χ1v) is 9.84. The van der Waals surface area contributed by atoms with Gasteiger partial charge in [0.15, 0.2) is 0 Å². The van der Waals surface area contributed by atoms with Crippen LogP contribution in [0.5, 0.6) is 0 Å². The lowest BCUT2D eigenvalue weighted by atomic mass is 10.1. The smallest absolute Gasteiger partial charge is 0.264 e. The fourth-order valence-corrected chi connectivity index (χ4v) is 4.63. The predicted molar refractivity (Wildman–Crippen MR) is 111 cm³/mol. The fourth-order valence-electron chi connectivity index (χ4n) is 3.36. The highest BCUT2D eigenvalue weighted by Gasteiger charge is 2.21. The number of aromatic nitrogens is 4. The van der Waals surface area contributed by atoms with E-state index in [1.807, 2.05) is 69.0 Å². The van der Waals surface area contributed by atoms with Crippen LogP contribution in [0.2, 0.25) is 0 Å². The first kappa shape index (κ1) is 18.3. The lowest BCUT2D eigenvalue weighted by Gasteiger charge is -2.15. The molecule has 0 N–H and O–H groups in total. The molecule has 0 saturated carbocycles. The lowest BCUT2D eigenvalue weighted by Crippen LogP contribution is -2.25. The van der Waals surface area contributed by atoms with Crippen molar-refractivity contribution < 1.29 is 4.79 Å². The van der Waals surface area contributed by atoms with Gasteiger partial charge in [-0.05, 0) is 38.5 Å². The summed E-state index contributed by atoms with van der Waals surface area (Å²) in [4.78, 5) is 25.3. The van der Waals surface area contributed by atoms with Gasteiger partial charge in [-0.2, -0.15) is 5.10 Å². The summed E-state index contributed by atoms with van der Waals surface area (Å²) >= 11 is 1.44. The molecule has 0 aliphatic carbocycles.